The summed E-state index contributed by atoms with van der Waals surface area (Å²) >= 11 is 1.19. The summed E-state index contributed by atoms with van der Waals surface area (Å²) in [4.78, 5) is 16.5. The monoisotopic (exact) mass is 437 g/mol. The Balaban J connectivity index is 1.32. The van der Waals surface area contributed by atoms with Gasteiger partial charge in [0, 0.05) is 17.6 Å². The largest absolute Gasteiger partial charge is 0.573 e. The third kappa shape index (κ3) is 4.92. The predicted octanol–water partition coefficient (Wildman–Crippen LogP) is 4.44. The normalized spacial score (nSPS) is 12.5. The number of nitrogens with one attached hydrogen (secondary N) is 2. The topological polar surface area (TPSA) is 81.7 Å². The lowest BCUT2D eigenvalue weighted by molar-refractivity contribution is -0.274. The van der Waals surface area contributed by atoms with Crippen LogP contribution in [0.15, 0.2) is 47.8 Å². The molecule has 1 aliphatic heterocycles. The maximum atomic E-state index is 12.3. The first-order valence-electron chi connectivity index (χ1n) is 8.61. The van der Waals surface area contributed by atoms with Gasteiger partial charge in [-0.05, 0) is 42.0 Å². The van der Waals surface area contributed by atoms with Crippen LogP contribution in [0.25, 0.3) is 0 Å². The number of anilines is 2. The molecule has 0 spiro atoms. The fourth-order valence-corrected chi connectivity index (χ4v) is 3.33. The fourth-order valence-electron chi connectivity index (χ4n) is 2.62. The molecule has 11 heteroatoms. The van der Waals surface area contributed by atoms with Gasteiger partial charge in [-0.2, -0.15) is 0 Å². The average Bonchev–Trinajstić information content (AvgIpc) is 3.35. The van der Waals surface area contributed by atoms with E-state index in [-0.39, 0.29) is 30.7 Å². The number of alkyl halides is 3. The van der Waals surface area contributed by atoms with Crippen LogP contribution in [0.5, 0.6) is 17.2 Å². The smallest absolute Gasteiger partial charge is 0.454 e. The van der Waals surface area contributed by atoms with Crippen molar-refractivity contribution in [2.45, 2.75) is 12.9 Å². The van der Waals surface area contributed by atoms with E-state index in [1.165, 1.54) is 35.6 Å². The Labute approximate surface area is 172 Å². The lowest BCUT2D eigenvalue weighted by atomic mass is 10.2. The number of halogens is 3. The molecule has 4 rings (SSSR count). The molecule has 30 heavy (non-hydrogen) atoms. The Kier molecular flexibility index (Phi) is 5.36. The van der Waals surface area contributed by atoms with Gasteiger partial charge in [-0.15, -0.1) is 24.5 Å². The van der Waals surface area contributed by atoms with E-state index in [2.05, 4.69) is 20.4 Å². The first kappa shape index (κ1) is 19.8. The van der Waals surface area contributed by atoms with Crippen LogP contribution in [0.3, 0.4) is 0 Å². The van der Waals surface area contributed by atoms with Crippen molar-refractivity contribution in [2.75, 3.05) is 12.1 Å². The summed E-state index contributed by atoms with van der Waals surface area (Å²) < 4.78 is 51.0. The van der Waals surface area contributed by atoms with Gasteiger partial charge < -0.3 is 24.8 Å². The number of carbonyl (C=O) groups excluding carboxylic acids is 1. The number of ether oxygens (including phenoxy) is 3. The van der Waals surface area contributed by atoms with Crippen molar-refractivity contribution in [3.05, 3.63) is 59.1 Å². The highest BCUT2D eigenvalue weighted by Gasteiger charge is 2.31. The molecule has 2 heterocycles. The van der Waals surface area contributed by atoms with Crippen molar-refractivity contribution in [3.8, 4) is 17.2 Å². The molecule has 1 amide bonds. The third-order valence-corrected chi connectivity index (χ3v) is 4.72. The summed E-state index contributed by atoms with van der Waals surface area (Å²) in [7, 11) is 0. The summed E-state index contributed by atoms with van der Waals surface area (Å²) in [5.74, 6) is 0.619. The van der Waals surface area contributed by atoms with Gasteiger partial charge in [0.25, 0.3) is 5.91 Å². The minimum atomic E-state index is -4.74. The van der Waals surface area contributed by atoms with E-state index in [9.17, 15) is 18.0 Å². The second-order valence-electron chi connectivity index (χ2n) is 6.11. The lowest BCUT2D eigenvalue weighted by Gasteiger charge is -2.09. The number of aromatic nitrogens is 1. The van der Waals surface area contributed by atoms with Gasteiger partial charge in [-0.3, -0.25) is 4.79 Å². The lowest BCUT2D eigenvalue weighted by Crippen LogP contribution is -2.23. The quantitative estimate of drug-likeness (QED) is 0.593. The molecule has 0 saturated carbocycles. The van der Waals surface area contributed by atoms with Crippen molar-refractivity contribution in [1.29, 1.82) is 0 Å². The summed E-state index contributed by atoms with van der Waals surface area (Å²) in [6.07, 6.45) is -4.74. The van der Waals surface area contributed by atoms with Crippen LogP contribution in [-0.4, -0.2) is 24.0 Å². The molecule has 2 N–H and O–H groups in total. The number of fused-ring (bicyclic) bond motifs is 1. The van der Waals surface area contributed by atoms with E-state index in [0.29, 0.717) is 22.3 Å². The highest BCUT2D eigenvalue weighted by Crippen LogP contribution is 2.32. The molecule has 7 nitrogen and oxygen atoms in total. The number of thiazole rings is 1. The molecule has 156 valence electrons. The molecule has 1 aromatic heterocycles. The summed E-state index contributed by atoms with van der Waals surface area (Å²) in [5, 5.41) is 7.71. The molecule has 2 aromatic carbocycles. The zero-order valence-corrected chi connectivity index (χ0v) is 16.0. The molecule has 0 bridgehead atoms. The van der Waals surface area contributed by atoms with E-state index in [0.717, 1.165) is 5.56 Å². The molecular formula is C19H14F3N3O4S. The van der Waals surface area contributed by atoms with E-state index in [1.807, 2.05) is 6.07 Å². The predicted molar refractivity (Wildman–Crippen MR) is 102 cm³/mol. The van der Waals surface area contributed by atoms with Crippen molar-refractivity contribution in [3.63, 3.8) is 0 Å². The molecule has 0 unspecified atom stereocenters. The van der Waals surface area contributed by atoms with E-state index >= 15 is 0 Å². The molecule has 0 aliphatic carbocycles. The van der Waals surface area contributed by atoms with Crippen molar-refractivity contribution >= 4 is 28.1 Å². The van der Waals surface area contributed by atoms with Crippen LogP contribution >= 0.6 is 11.3 Å². The highest BCUT2D eigenvalue weighted by molar-refractivity contribution is 7.14. The molecule has 0 atom stereocenters. The van der Waals surface area contributed by atoms with E-state index in [1.54, 1.807) is 17.5 Å². The van der Waals surface area contributed by atoms with Gasteiger partial charge in [0.1, 0.15) is 11.4 Å². The number of nitrogens with zero attached hydrogens (tertiary/aromatic N) is 1. The summed E-state index contributed by atoms with van der Waals surface area (Å²) in [6.45, 7) is 0.467. The third-order valence-electron chi connectivity index (χ3n) is 3.97. The van der Waals surface area contributed by atoms with Crippen LogP contribution in [0.1, 0.15) is 16.1 Å². The zero-order chi connectivity index (χ0) is 21.1. The highest BCUT2D eigenvalue weighted by atomic mass is 32.1. The van der Waals surface area contributed by atoms with Gasteiger partial charge in [0.2, 0.25) is 6.79 Å². The van der Waals surface area contributed by atoms with Crippen LogP contribution in [-0.2, 0) is 6.54 Å². The molecular weight excluding hydrogens is 423 g/mol. The van der Waals surface area contributed by atoms with Gasteiger partial charge in [0.15, 0.2) is 16.6 Å². The second-order valence-corrected chi connectivity index (χ2v) is 6.96. The Morgan fingerprint density at radius 1 is 1.13 bits per heavy atom. The van der Waals surface area contributed by atoms with Crippen molar-refractivity contribution < 1.29 is 32.2 Å². The molecule has 0 fully saturated rings. The van der Waals surface area contributed by atoms with Crippen molar-refractivity contribution in [1.82, 2.24) is 10.3 Å². The Morgan fingerprint density at radius 2 is 1.90 bits per heavy atom. The number of carbonyl (C=O) groups is 1. The van der Waals surface area contributed by atoms with Gasteiger partial charge in [-0.1, -0.05) is 6.07 Å². The number of amides is 1. The SMILES string of the molecule is O=C(NCc1ccc2c(c1)OCO2)c1csc(Nc2ccc(OC(F)(F)F)cc2)n1. The molecule has 0 radical (unpaired) electrons. The zero-order valence-electron chi connectivity index (χ0n) is 15.2. The molecule has 3 aromatic rings. The minimum absolute atomic E-state index is 0.178. The Hall–Kier alpha value is -3.47. The maximum absolute atomic E-state index is 12.3. The van der Waals surface area contributed by atoms with E-state index in [4.69, 9.17) is 9.47 Å². The standard InChI is InChI=1S/C19H14F3N3O4S/c20-19(21,22)29-13-4-2-12(3-5-13)24-18-25-14(9-30-18)17(26)23-8-11-1-6-15-16(7-11)28-10-27-15/h1-7,9H,8,10H2,(H,23,26)(H,24,25). The van der Waals surface area contributed by atoms with Crippen molar-refractivity contribution in [2.24, 2.45) is 0 Å². The molecule has 0 saturated heterocycles. The first-order chi connectivity index (χ1) is 14.4. The summed E-state index contributed by atoms with van der Waals surface area (Å²) in [6, 6.07) is 10.6. The number of rotatable bonds is 6. The van der Waals surface area contributed by atoms with Crippen LogP contribution < -0.4 is 24.8 Å². The van der Waals surface area contributed by atoms with Gasteiger partial charge in [0.05, 0.1) is 0 Å². The van der Waals surface area contributed by atoms with Crippen LogP contribution in [0.2, 0.25) is 0 Å². The maximum Gasteiger partial charge on any atom is 0.573 e. The number of benzene rings is 2. The van der Waals surface area contributed by atoms with E-state index < -0.39 is 6.36 Å². The first-order valence-corrected chi connectivity index (χ1v) is 9.49. The second kappa shape index (κ2) is 8.11. The summed E-state index contributed by atoms with van der Waals surface area (Å²) in [5.41, 5.74) is 1.58. The van der Waals surface area contributed by atoms with Crippen LogP contribution in [0.4, 0.5) is 24.0 Å². The Bertz CT molecular complexity index is 1050. The minimum Gasteiger partial charge on any atom is -0.454 e. The van der Waals surface area contributed by atoms with Gasteiger partial charge >= 0.3 is 6.36 Å². The Morgan fingerprint density at radius 3 is 2.67 bits per heavy atom. The molecule has 1 aliphatic rings. The number of hydrogen-bond donors (Lipinski definition) is 2. The fraction of sp³-hybridized carbons (Fsp3) is 0.158. The average molecular weight is 437 g/mol. The van der Waals surface area contributed by atoms with Gasteiger partial charge in [-0.25, -0.2) is 4.98 Å². The number of hydrogen-bond acceptors (Lipinski definition) is 7. The van der Waals surface area contributed by atoms with Crippen LogP contribution in [0, 0.1) is 0 Å².